The summed E-state index contributed by atoms with van der Waals surface area (Å²) in [6.45, 7) is 7.31. The predicted molar refractivity (Wildman–Crippen MR) is 56.5 cm³/mol. The van der Waals surface area contributed by atoms with Crippen molar-refractivity contribution in [2.24, 2.45) is 0 Å². The van der Waals surface area contributed by atoms with Crippen LogP contribution in [0.25, 0.3) is 5.57 Å². The summed E-state index contributed by atoms with van der Waals surface area (Å²) in [7, 11) is 1.51. The smallest absolute Gasteiger partial charge is 0.126 e. The van der Waals surface area contributed by atoms with Crippen molar-refractivity contribution in [1.82, 2.24) is 0 Å². The van der Waals surface area contributed by atoms with E-state index in [1.807, 2.05) is 6.92 Å². The molecular weight excluding hydrogens is 181 g/mol. The SMILES string of the molecule is C=C(C)c1cc(F)c(C)cc1NOC. The lowest BCUT2D eigenvalue weighted by atomic mass is 10.0. The van der Waals surface area contributed by atoms with Crippen molar-refractivity contribution in [1.29, 1.82) is 0 Å². The predicted octanol–water partition coefficient (Wildman–Crippen LogP) is 3.14. The number of hydrogen-bond donors (Lipinski definition) is 1. The maximum atomic E-state index is 13.3. The summed E-state index contributed by atoms with van der Waals surface area (Å²) in [5, 5.41) is 0. The number of aryl methyl sites for hydroxylation is 1. The van der Waals surface area contributed by atoms with E-state index in [2.05, 4.69) is 12.1 Å². The first-order valence-electron chi connectivity index (χ1n) is 4.31. The Balaban J connectivity index is 3.24. The number of anilines is 1. The van der Waals surface area contributed by atoms with Gasteiger partial charge < -0.3 is 0 Å². The minimum Gasteiger partial charge on any atom is -0.279 e. The molecule has 0 aliphatic heterocycles. The van der Waals surface area contributed by atoms with Gasteiger partial charge in [0, 0.05) is 5.56 Å². The summed E-state index contributed by atoms with van der Waals surface area (Å²) in [5.74, 6) is -0.232. The third-order valence-corrected chi connectivity index (χ3v) is 1.97. The normalized spacial score (nSPS) is 10.0. The van der Waals surface area contributed by atoms with E-state index in [0.717, 1.165) is 16.8 Å². The molecule has 1 rings (SSSR count). The van der Waals surface area contributed by atoms with E-state index < -0.39 is 0 Å². The van der Waals surface area contributed by atoms with Crippen LogP contribution in [0.1, 0.15) is 18.1 Å². The van der Waals surface area contributed by atoms with Gasteiger partial charge in [-0.25, -0.2) is 4.39 Å². The first-order valence-corrected chi connectivity index (χ1v) is 4.31. The zero-order valence-corrected chi connectivity index (χ0v) is 8.65. The van der Waals surface area contributed by atoms with Gasteiger partial charge in [-0.1, -0.05) is 6.58 Å². The van der Waals surface area contributed by atoms with Crippen LogP contribution < -0.4 is 5.48 Å². The zero-order chi connectivity index (χ0) is 10.7. The number of nitrogens with one attached hydrogen (secondary N) is 1. The molecule has 14 heavy (non-hydrogen) atoms. The Labute approximate surface area is 83.3 Å². The fraction of sp³-hybridized carbons (Fsp3) is 0.273. The van der Waals surface area contributed by atoms with Crippen molar-refractivity contribution in [2.45, 2.75) is 13.8 Å². The number of hydrogen-bond acceptors (Lipinski definition) is 2. The highest BCUT2D eigenvalue weighted by molar-refractivity contribution is 5.74. The van der Waals surface area contributed by atoms with Gasteiger partial charge in [-0.2, -0.15) is 0 Å². The zero-order valence-electron chi connectivity index (χ0n) is 8.65. The number of halogens is 1. The van der Waals surface area contributed by atoms with E-state index in [1.165, 1.54) is 13.2 Å². The molecule has 76 valence electrons. The molecule has 0 atom stereocenters. The molecule has 0 aliphatic rings. The summed E-state index contributed by atoms with van der Waals surface area (Å²) in [6, 6.07) is 3.15. The third-order valence-electron chi connectivity index (χ3n) is 1.97. The molecule has 0 bridgehead atoms. The van der Waals surface area contributed by atoms with E-state index in [9.17, 15) is 4.39 Å². The number of allylic oxidation sites excluding steroid dienone is 1. The maximum Gasteiger partial charge on any atom is 0.126 e. The molecule has 2 nitrogen and oxygen atoms in total. The second-order valence-electron chi connectivity index (χ2n) is 3.23. The van der Waals surface area contributed by atoms with Crippen molar-refractivity contribution in [3.63, 3.8) is 0 Å². The average Bonchev–Trinajstić information content (AvgIpc) is 2.11. The van der Waals surface area contributed by atoms with Gasteiger partial charge in [0.2, 0.25) is 0 Å². The van der Waals surface area contributed by atoms with Gasteiger partial charge in [-0.3, -0.25) is 10.3 Å². The molecule has 0 fully saturated rings. The van der Waals surface area contributed by atoms with Crippen LogP contribution in [0.15, 0.2) is 18.7 Å². The summed E-state index contributed by atoms with van der Waals surface area (Å²) >= 11 is 0. The van der Waals surface area contributed by atoms with Gasteiger partial charge in [-0.15, -0.1) is 0 Å². The molecule has 1 aromatic carbocycles. The van der Waals surface area contributed by atoms with Crippen LogP contribution >= 0.6 is 0 Å². The first-order chi connectivity index (χ1) is 6.56. The highest BCUT2D eigenvalue weighted by atomic mass is 19.1. The van der Waals surface area contributed by atoms with Gasteiger partial charge in [-0.05, 0) is 37.1 Å². The molecule has 1 aromatic rings. The molecule has 0 unspecified atom stereocenters. The average molecular weight is 195 g/mol. The van der Waals surface area contributed by atoms with Gasteiger partial charge in [0.15, 0.2) is 0 Å². The van der Waals surface area contributed by atoms with Crippen molar-refractivity contribution in [3.8, 4) is 0 Å². The van der Waals surface area contributed by atoms with Crippen molar-refractivity contribution in [2.75, 3.05) is 12.6 Å². The molecule has 0 heterocycles. The largest absolute Gasteiger partial charge is 0.279 e. The van der Waals surface area contributed by atoms with Gasteiger partial charge in [0.05, 0.1) is 12.8 Å². The lowest BCUT2D eigenvalue weighted by molar-refractivity contribution is 0.271. The van der Waals surface area contributed by atoms with Crippen molar-refractivity contribution < 1.29 is 9.23 Å². The van der Waals surface area contributed by atoms with Crippen LogP contribution in [0.2, 0.25) is 0 Å². The van der Waals surface area contributed by atoms with Crippen LogP contribution in [-0.4, -0.2) is 7.11 Å². The highest BCUT2D eigenvalue weighted by Gasteiger charge is 2.07. The number of rotatable bonds is 3. The Morgan fingerprint density at radius 2 is 2.14 bits per heavy atom. The summed E-state index contributed by atoms with van der Waals surface area (Å²) < 4.78 is 13.3. The topological polar surface area (TPSA) is 21.3 Å². The van der Waals surface area contributed by atoms with Crippen molar-refractivity contribution >= 4 is 11.3 Å². The summed E-state index contributed by atoms with van der Waals surface area (Å²) in [6.07, 6.45) is 0. The minimum absolute atomic E-state index is 0.232. The Hall–Kier alpha value is -1.35. The highest BCUT2D eigenvalue weighted by Crippen LogP contribution is 2.25. The molecule has 0 saturated carbocycles. The molecular formula is C11H14FNO. The molecule has 0 aliphatic carbocycles. The Bertz CT molecular complexity index is 361. The second kappa shape index (κ2) is 4.24. The van der Waals surface area contributed by atoms with E-state index in [0.29, 0.717) is 5.56 Å². The van der Waals surface area contributed by atoms with Gasteiger partial charge in [0.25, 0.3) is 0 Å². The van der Waals surface area contributed by atoms with E-state index >= 15 is 0 Å². The first kappa shape index (κ1) is 10.7. The van der Waals surface area contributed by atoms with Crippen LogP contribution in [0.3, 0.4) is 0 Å². The van der Waals surface area contributed by atoms with E-state index in [4.69, 9.17) is 4.84 Å². The van der Waals surface area contributed by atoms with Crippen LogP contribution in [0, 0.1) is 12.7 Å². The van der Waals surface area contributed by atoms with E-state index in [-0.39, 0.29) is 5.82 Å². The van der Waals surface area contributed by atoms with Crippen LogP contribution in [-0.2, 0) is 4.84 Å². The fourth-order valence-electron chi connectivity index (χ4n) is 1.23. The fourth-order valence-corrected chi connectivity index (χ4v) is 1.23. The summed E-state index contributed by atoms with van der Waals surface area (Å²) in [5.41, 5.74) is 5.54. The van der Waals surface area contributed by atoms with Crippen molar-refractivity contribution in [3.05, 3.63) is 35.7 Å². The molecule has 1 N–H and O–H groups in total. The van der Waals surface area contributed by atoms with Crippen LogP contribution in [0.4, 0.5) is 10.1 Å². The molecule has 0 radical (unpaired) electrons. The summed E-state index contributed by atoms with van der Waals surface area (Å²) in [4.78, 5) is 4.80. The standard InChI is InChI=1S/C11H14FNO/c1-7(2)9-6-10(12)8(3)5-11(9)13-14-4/h5-6,13H,1H2,2-4H3. The number of benzene rings is 1. The lowest BCUT2D eigenvalue weighted by Gasteiger charge is -2.11. The quantitative estimate of drug-likeness (QED) is 0.748. The van der Waals surface area contributed by atoms with Crippen LogP contribution in [0.5, 0.6) is 0 Å². The monoisotopic (exact) mass is 195 g/mol. The third kappa shape index (κ3) is 2.12. The molecule has 0 amide bonds. The minimum atomic E-state index is -0.232. The lowest BCUT2D eigenvalue weighted by Crippen LogP contribution is -2.00. The Kier molecular flexibility index (Phi) is 3.25. The Morgan fingerprint density at radius 3 is 2.64 bits per heavy atom. The molecule has 0 saturated heterocycles. The van der Waals surface area contributed by atoms with Gasteiger partial charge >= 0.3 is 0 Å². The van der Waals surface area contributed by atoms with E-state index in [1.54, 1.807) is 13.0 Å². The molecule has 0 spiro atoms. The Morgan fingerprint density at radius 1 is 1.50 bits per heavy atom. The maximum absolute atomic E-state index is 13.3. The van der Waals surface area contributed by atoms with Gasteiger partial charge in [0.1, 0.15) is 5.82 Å². The molecule has 0 aromatic heterocycles. The molecule has 3 heteroatoms. The second-order valence-corrected chi connectivity index (χ2v) is 3.23.